The first-order chi connectivity index (χ1) is 9.89. The van der Waals surface area contributed by atoms with Crippen LogP contribution < -0.4 is 21.5 Å². The predicted molar refractivity (Wildman–Crippen MR) is 77.7 cm³/mol. The highest BCUT2D eigenvalue weighted by Crippen LogP contribution is 2.34. The fourth-order valence-electron chi connectivity index (χ4n) is 2.49. The monoisotopic (exact) mass is 294 g/mol. The minimum absolute atomic E-state index is 0.0485. The Labute approximate surface area is 121 Å². The first-order valence-corrected chi connectivity index (χ1v) is 6.50. The molecule has 21 heavy (non-hydrogen) atoms. The molecule has 114 valence electrons. The maximum Gasteiger partial charge on any atom is 0.276 e. The number of hydrazine groups is 1. The number of rotatable bonds is 4. The molecule has 1 unspecified atom stereocenters. The lowest BCUT2D eigenvalue weighted by molar-refractivity contribution is -0.384. The molecule has 9 nitrogen and oxygen atoms in total. The molecule has 1 saturated heterocycles. The van der Waals surface area contributed by atoms with E-state index < -0.39 is 10.3 Å². The van der Waals surface area contributed by atoms with Gasteiger partial charge in [-0.2, -0.15) is 0 Å². The van der Waals surface area contributed by atoms with E-state index in [0.717, 1.165) is 0 Å². The van der Waals surface area contributed by atoms with Crippen molar-refractivity contribution in [2.45, 2.75) is 13.3 Å². The second-order valence-electron chi connectivity index (χ2n) is 5.28. The van der Waals surface area contributed by atoms with E-state index in [2.05, 4.69) is 15.7 Å². The van der Waals surface area contributed by atoms with Crippen LogP contribution in [0.2, 0.25) is 0 Å². The molecule has 1 aromatic heterocycles. The third kappa shape index (κ3) is 2.87. The van der Waals surface area contributed by atoms with Gasteiger partial charge in [-0.3, -0.25) is 14.9 Å². The minimum Gasteiger partial charge on any atom is -0.359 e. The van der Waals surface area contributed by atoms with E-state index in [4.69, 9.17) is 5.84 Å². The van der Waals surface area contributed by atoms with Crippen LogP contribution in [0.15, 0.2) is 12.1 Å². The largest absolute Gasteiger partial charge is 0.359 e. The smallest absolute Gasteiger partial charge is 0.276 e. The Morgan fingerprint density at radius 1 is 1.57 bits per heavy atom. The highest BCUT2D eigenvalue weighted by Gasteiger charge is 2.40. The van der Waals surface area contributed by atoms with Crippen LogP contribution in [0.3, 0.4) is 0 Å². The molecule has 0 spiro atoms. The average Bonchev–Trinajstić information content (AvgIpc) is 2.89. The van der Waals surface area contributed by atoms with Crippen molar-refractivity contribution in [3.8, 4) is 0 Å². The molecular weight excluding hydrogens is 276 g/mol. The van der Waals surface area contributed by atoms with Crippen molar-refractivity contribution in [3.05, 3.63) is 22.2 Å². The number of amides is 1. The molecule has 4 N–H and O–H groups in total. The van der Waals surface area contributed by atoms with E-state index in [1.165, 1.54) is 12.1 Å². The van der Waals surface area contributed by atoms with E-state index in [9.17, 15) is 14.9 Å². The minimum atomic E-state index is -0.530. The van der Waals surface area contributed by atoms with Crippen molar-refractivity contribution < 1.29 is 9.72 Å². The molecule has 1 atom stereocenters. The van der Waals surface area contributed by atoms with Crippen LogP contribution in [0.1, 0.15) is 13.3 Å². The lowest BCUT2D eigenvalue weighted by Crippen LogP contribution is -2.39. The molecule has 1 aliphatic rings. The number of hydrogen-bond donors (Lipinski definition) is 3. The number of hydrogen-bond acceptors (Lipinski definition) is 7. The molecule has 1 aromatic rings. The summed E-state index contributed by atoms with van der Waals surface area (Å²) in [5, 5.41) is 13.6. The number of carbonyl (C=O) groups is 1. The molecule has 1 aliphatic heterocycles. The van der Waals surface area contributed by atoms with Crippen LogP contribution in [-0.2, 0) is 4.79 Å². The van der Waals surface area contributed by atoms with E-state index in [-0.39, 0.29) is 17.4 Å². The quantitative estimate of drug-likeness (QED) is 0.412. The Morgan fingerprint density at radius 3 is 2.86 bits per heavy atom. The van der Waals surface area contributed by atoms with Crippen LogP contribution in [0.4, 0.5) is 17.3 Å². The van der Waals surface area contributed by atoms with Gasteiger partial charge in [-0.15, -0.1) is 0 Å². The zero-order valence-corrected chi connectivity index (χ0v) is 11.9. The second-order valence-corrected chi connectivity index (χ2v) is 5.28. The highest BCUT2D eigenvalue weighted by atomic mass is 16.6. The fourth-order valence-corrected chi connectivity index (χ4v) is 2.49. The summed E-state index contributed by atoms with van der Waals surface area (Å²) >= 11 is 0. The van der Waals surface area contributed by atoms with E-state index in [1.54, 1.807) is 7.05 Å². The van der Waals surface area contributed by atoms with Gasteiger partial charge in [-0.1, -0.05) is 0 Å². The zero-order valence-electron chi connectivity index (χ0n) is 11.9. The lowest BCUT2D eigenvalue weighted by Gasteiger charge is -2.23. The fraction of sp³-hybridized carbons (Fsp3) is 0.500. The van der Waals surface area contributed by atoms with Gasteiger partial charge in [0.2, 0.25) is 5.91 Å². The van der Waals surface area contributed by atoms with E-state index in [1.807, 2.05) is 11.8 Å². The number of aromatic nitrogens is 1. The Kier molecular flexibility index (Phi) is 3.94. The maximum atomic E-state index is 11.9. The Hall–Kier alpha value is -2.42. The zero-order chi connectivity index (χ0) is 15.6. The number of carbonyl (C=O) groups excluding carboxylic acids is 1. The van der Waals surface area contributed by atoms with Gasteiger partial charge in [0.25, 0.3) is 5.69 Å². The molecule has 2 rings (SSSR count). The summed E-state index contributed by atoms with van der Waals surface area (Å²) in [5.41, 5.74) is 1.69. The standard InChI is InChI=1S/C12H18N6O3/c1-12(11(19)14-2)3-4-17(7-12)10-6-8(18(20)21)5-9(15-10)16-13/h5-6H,3-4,7,13H2,1-2H3,(H,14,19)(H,15,16). The Balaban J connectivity index is 2.29. The van der Waals surface area contributed by atoms with Gasteiger partial charge in [-0.25, -0.2) is 10.8 Å². The van der Waals surface area contributed by atoms with Crippen molar-refractivity contribution in [2.24, 2.45) is 11.3 Å². The van der Waals surface area contributed by atoms with Gasteiger partial charge in [0.15, 0.2) is 0 Å². The predicted octanol–water partition coefficient (Wildman–Crippen LogP) is 0.238. The second kappa shape index (κ2) is 5.52. The van der Waals surface area contributed by atoms with Gasteiger partial charge in [-0.05, 0) is 13.3 Å². The van der Waals surface area contributed by atoms with E-state index in [0.29, 0.717) is 25.3 Å². The number of anilines is 2. The number of nitrogens with zero attached hydrogens (tertiary/aromatic N) is 3. The van der Waals surface area contributed by atoms with Crippen molar-refractivity contribution in [1.82, 2.24) is 10.3 Å². The first kappa shape index (κ1) is 15.0. The molecule has 0 bridgehead atoms. The molecule has 0 aliphatic carbocycles. The van der Waals surface area contributed by atoms with Gasteiger partial charge >= 0.3 is 0 Å². The van der Waals surface area contributed by atoms with Crippen molar-refractivity contribution in [2.75, 3.05) is 30.5 Å². The lowest BCUT2D eigenvalue weighted by atomic mass is 9.89. The number of nitrogen functional groups attached to an aromatic ring is 1. The Bertz CT molecular complexity index is 578. The highest BCUT2D eigenvalue weighted by molar-refractivity contribution is 5.83. The summed E-state index contributed by atoms with van der Waals surface area (Å²) in [6.07, 6.45) is 0.655. The SMILES string of the molecule is CNC(=O)C1(C)CCN(c2cc([N+](=O)[O-])cc(NN)n2)C1. The van der Waals surface area contributed by atoms with Gasteiger partial charge in [0.05, 0.1) is 22.5 Å². The van der Waals surface area contributed by atoms with Crippen LogP contribution in [0.5, 0.6) is 0 Å². The molecule has 0 radical (unpaired) electrons. The third-order valence-electron chi connectivity index (χ3n) is 3.73. The van der Waals surface area contributed by atoms with Crippen molar-refractivity contribution in [3.63, 3.8) is 0 Å². The summed E-state index contributed by atoms with van der Waals surface area (Å²) in [5.74, 6) is 5.89. The summed E-state index contributed by atoms with van der Waals surface area (Å²) in [7, 11) is 1.60. The normalized spacial score (nSPS) is 21.2. The molecule has 2 heterocycles. The number of nitrogens with one attached hydrogen (secondary N) is 2. The maximum absolute atomic E-state index is 11.9. The summed E-state index contributed by atoms with van der Waals surface area (Å²) in [6, 6.07) is 2.65. The summed E-state index contributed by atoms with van der Waals surface area (Å²) < 4.78 is 0. The van der Waals surface area contributed by atoms with Gasteiger partial charge in [0, 0.05) is 20.1 Å². The number of nitrogens with two attached hydrogens (primary N) is 1. The molecule has 1 fully saturated rings. The van der Waals surface area contributed by atoms with Crippen LogP contribution >= 0.6 is 0 Å². The summed E-state index contributed by atoms with van der Waals surface area (Å²) in [4.78, 5) is 28.4. The van der Waals surface area contributed by atoms with Crippen molar-refractivity contribution in [1.29, 1.82) is 0 Å². The van der Waals surface area contributed by atoms with Crippen molar-refractivity contribution >= 4 is 23.2 Å². The number of pyridine rings is 1. The van der Waals surface area contributed by atoms with Gasteiger partial charge in [0.1, 0.15) is 11.6 Å². The van der Waals surface area contributed by atoms with E-state index >= 15 is 0 Å². The van der Waals surface area contributed by atoms with Gasteiger partial charge < -0.3 is 15.6 Å². The molecule has 1 amide bonds. The van der Waals surface area contributed by atoms with Crippen LogP contribution in [0.25, 0.3) is 0 Å². The van der Waals surface area contributed by atoms with Crippen LogP contribution in [-0.4, -0.2) is 36.0 Å². The van der Waals surface area contributed by atoms with Crippen LogP contribution in [0, 0.1) is 15.5 Å². The molecule has 0 aromatic carbocycles. The number of nitro groups is 1. The average molecular weight is 294 g/mol. The topological polar surface area (TPSA) is 126 Å². The molecular formula is C12H18N6O3. The molecule has 0 saturated carbocycles. The summed E-state index contributed by atoms with van der Waals surface area (Å²) in [6.45, 7) is 2.91. The third-order valence-corrected chi connectivity index (χ3v) is 3.73. The first-order valence-electron chi connectivity index (χ1n) is 6.50. The Morgan fingerprint density at radius 2 is 2.29 bits per heavy atom. The molecule has 9 heteroatoms.